The van der Waals surface area contributed by atoms with E-state index in [-0.39, 0.29) is 22.6 Å². The van der Waals surface area contributed by atoms with E-state index in [1.54, 1.807) is 26.0 Å². The van der Waals surface area contributed by atoms with Crippen LogP contribution in [0.1, 0.15) is 13.8 Å². The summed E-state index contributed by atoms with van der Waals surface area (Å²) in [5.41, 5.74) is 0.297. The molecule has 1 amide bonds. The third kappa shape index (κ3) is 6.42. The summed E-state index contributed by atoms with van der Waals surface area (Å²) in [7, 11) is -2.22. The van der Waals surface area contributed by atoms with Crippen LogP contribution in [0.2, 0.25) is 5.02 Å². The third-order valence-electron chi connectivity index (χ3n) is 3.33. The molecule has 2 aromatic rings. The normalized spacial score (nSPS) is 11.4. The predicted octanol–water partition coefficient (Wildman–Crippen LogP) is 3.77. The van der Waals surface area contributed by atoms with Gasteiger partial charge in [0, 0.05) is 16.0 Å². The minimum atomic E-state index is -3.68. The van der Waals surface area contributed by atoms with Gasteiger partial charge in [-0.25, -0.2) is 13.1 Å². The highest BCUT2D eigenvalue weighted by atomic mass is 35.5. The van der Waals surface area contributed by atoms with Crippen molar-refractivity contribution in [2.45, 2.75) is 29.7 Å². The Kier molecular flexibility index (Phi) is 7.55. The van der Waals surface area contributed by atoms with Crippen molar-refractivity contribution in [2.24, 2.45) is 0 Å². The van der Waals surface area contributed by atoms with Crippen LogP contribution in [-0.4, -0.2) is 33.2 Å². The molecule has 0 heterocycles. The van der Waals surface area contributed by atoms with Gasteiger partial charge >= 0.3 is 0 Å². The molecule has 0 unspecified atom stereocenters. The third-order valence-corrected chi connectivity index (χ3v) is 6.25. The van der Waals surface area contributed by atoms with Gasteiger partial charge in [0.2, 0.25) is 15.9 Å². The maximum Gasteiger partial charge on any atom is 0.240 e. The lowest BCUT2D eigenvalue weighted by atomic mass is 10.3. The van der Waals surface area contributed by atoms with Crippen molar-refractivity contribution in [2.75, 3.05) is 18.2 Å². The number of rotatable bonds is 8. The van der Waals surface area contributed by atoms with Gasteiger partial charge in [-0.15, -0.1) is 11.8 Å². The van der Waals surface area contributed by atoms with Gasteiger partial charge in [0.05, 0.1) is 23.4 Å². The average Bonchev–Trinajstić information content (AvgIpc) is 2.60. The number of hydrogen-bond donors (Lipinski definition) is 2. The van der Waals surface area contributed by atoms with Gasteiger partial charge in [-0.2, -0.15) is 0 Å². The molecule has 0 spiro atoms. The number of anilines is 1. The first-order valence-electron chi connectivity index (χ1n) is 8.10. The second-order valence-corrected chi connectivity index (χ2v) is 9.13. The van der Waals surface area contributed by atoms with Crippen LogP contribution in [0.25, 0.3) is 0 Å². The topological polar surface area (TPSA) is 84.5 Å². The second-order valence-electron chi connectivity index (χ2n) is 5.93. The smallest absolute Gasteiger partial charge is 0.240 e. The highest BCUT2D eigenvalue weighted by molar-refractivity contribution is 8.00. The van der Waals surface area contributed by atoms with Crippen LogP contribution in [0, 0.1) is 0 Å². The summed E-state index contributed by atoms with van der Waals surface area (Å²) in [6, 6.07) is 11.2. The van der Waals surface area contributed by atoms with Crippen molar-refractivity contribution in [1.29, 1.82) is 0 Å². The number of ether oxygens (including phenoxy) is 1. The fourth-order valence-corrected chi connectivity index (χ4v) is 4.30. The molecule has 0 aliphatic rings. The van der Waals surface area contributed by atoms with E-state index in [9.17, 15) is 13.2 Å². The van der Waals surface area contributed by atoms with Crippen molar-refractivity contribution in [1.82, 2.24) is 4.72 Å². The quantitative estimate of drug-likeness (QED) is 0.625. The summed E-state index contributed by atoms with van der Waals surface area (Å²) >= 11 is 7.19. The highest BCUT2D eigenvalue weighted by Gasteiger charge is 2.18. The van der Waals surface area contributed by atoms with E-state index in [2.05, 4.69) is 10.0 Å². The first kappa shape index (κ1) is 21.6. The number of thioether (sulfide) groups is 1. The van der Waals surface area contributed by atoms with E-state index in [1.165, 1.54) is 37.1 Å². The van der Waals surface area contributed by atoms with Crippen molar-refractivity contribution < 1.29 is 17.9 Å². The molecule has 0 saturated carbocycles. The summed E-state index contributed by atoms with van der Waals surface area (Å²) in [5.74, 6) is 0.259. The standard InChI is InChI=1S/C18H21ClN2O4S2/c1-12(2)21-27(23,24)15-8-9-17(25-3)16(10-15)20-18(22)11-26-14-6-4-13(19)5-7-14/h4-10,12,21H,11H2,1-3H3,(H,20,22). The molecule has 0 saturated heterocycles. The summed E-state index contributed by atoms with van der Waals surface area (Å²) in [5, 5.41) is 3.33. The Morgan fingerprint density at radius 1 is 1.19 bits per heavy atom. The van der Waals surface area contributed by atoms with Crippen molar-refractivity contribution in [3.05, 3.63) is 47.5 Å². The Labute approximate surface area is 168 Å². The largest absolute Gasteiger partial charge is 0.495 e. The van der Waals surface area contributed by atoms with Crippen molar-refractivity contribution in [3.8, 4) is 5.75 Å². The SMILES string of the molecule is COc1ccc(S(=O)(=O)NC(C)C)cc1NC(=O)CSc1ccc(Cl)cc1. The zero-order valence-corrected chi connectivity index (χ0v) is 17.5. The van der Waals surface area contributed by atoms with Crippen molar-refractivity contribution >= 4 is 45.0 Å². The number of sulfonamides is 1. The molecule has 0 fully saturated rings. The zero-order chi connectivity index (χ0) is 20.0. The van der Waals surface area contributed by atoms with E-state index in [0.29, 0.717) is 16.5 Å². The minimum absolute atomic E-state index is 0.0534. The molecule has 0 aliphatic heterocycles. The Morgan fingerprint density at radius 3 is 2.44 bits per heavy atom. The lowest BCUT2D eigenvalue weighted by Crippen LogP contribution is -2.30. The molecule has 0 aromatic heterocycles. The number of halogens is 1. The van der Waals surface area contributed by atoms with Gasteiger partial charge in [-0.3, -0.25) is 4.79 Å². The molecule has 27 heavy (non-hydrogen) atoms. The van der Waals surface area contributed by atoms with E-state index < -0.39 is 10.0 Å². The first-order chi connectivity index (χ1) is 12.7. The lowest BCUT2D eigenvalue weighted by Gasteiger charge is -2.14. The van der Waals surface area contributed by atoms with Crippen LogP contribution in [0.5, 0.6) is 5.75 Å². The fraction of sp³-hybridized carbons (Fsp3) is 0.278. The minimum Gasteiger partial charge on any atom is -0.495 e. The Bertz CT molecular complexity index is 900. The van der Waals surface area contributed by atoms with E-state index in [1.807, 2.05) is 12.1 Å². The number of carbonyl (C=O) groups is 1. The van der Waals surface area contributed by atoms with Crippen LogP contribution in [-0.2, 0) is 14.8 Å². The van der Waals surface area contributed by atoms with Gasteiger partial charge in [0.25, 0.3) is 0 Å². The monoisotopic (exact) mass is 428 g/mol. The molecule has 0 radical (unpaired) electrons. The molecule has 0 bridgehead atoms. The molecule has 2 rings (SSSR count). The fourth-order valence-electron chi connectivity index (χ4n) is 2.20. The molecule has 2 N–H and O–H groups in total. The van der Waals surface area contributed by atoms with Crippen LogP contribution in [0.4, 0.5) is 5.69 Å². The predicted molar refractivity (Wildman–Crippen MR) is 109 cm³/mol. The Hall–Kier alpha value is -1.74. The first-order valence-corrected chi connectivity index (χ1v) is 10.9. The summed E-state index contributed by atoms with van der Waals surface area (Å²) < 4.78 is 32.4. The summed E-state index contributed by atoms with van der Waals surface area (Å²) in [4.78, 5) is 13.2. The summed E-state index contributed by atoms with van der Waals surface area (Å²) in [6.45, 7) is 3.47. The number of amides is 1. The maximum atomic E-state index is 12.3. The summed E-state index contributed by atoms with van der Waals surface area (Å²) in [6.07, 6.45) is 0. The van der Waals surface area contributed by atoms with Crippen molar-refractivity contribution in [3.63, 3.8) is 0 Å². The maximum absolute atomic E-state index is 12.3. The molecule has 0 atom stereocenters. The molecular weight excluding hydrogens is 408 g/mol. The van der Waals surface area contributed by atoms with Gasteiger partial charge in [-0.05, 0) is 56.3 Å². The number of methoxy groups -OCH3 is 1. The van der Waals surface area contributed by atoms with E-state index in [4.69, 9.17) is 16.3 Å². The van der Waals surface area contributed by atoms with Crippen LogP contribution >= 0.6 is 23.4 Å². The Balaban J connectivity index is 2.12. The molecule has 9 heteroatoms. The van der Waals surface area contributed by atoms with Gasteiger partial charge < -0.3 is 10.1 Å². The number of hydrogen-bond acceptors (Lipinski definition) is 5. The molecular formula is C18H21ClN2O4S2. The van der Waals surface area contributed by atoms with Gasteiger partial charge in [0.15, 0.2) is 0 Å². The molecule has 0 aliphatic carbocycles. The van der Waals surface area contributed by atoms with E-state index >= 15 is 0 Å². The highest BCUT2D eigenvalue weighted by Crippen LogP contribution is 2.28. The lowest BCUT2D eigenvalue weighted by molar-refractivity contribution is -0.113. The van der Waals surface area contributed by atoms with E-state index in [0.717, 1.165) is 4.90 Å². The molecule has 6 nitrogen and oxygen atoms in total. The molecule has 2 aromatic carbocycles. The average molecular weight is 429 g/mol. The number of benzene rings is 2. The van der Waals surface area contributed by atoms with Crippen LogP contribution < -0.4 is 14.8 Å². The molecule has 146 valence electrons. The van der Waals surface area contributed by atoms with Gasteiger partial charge in [-0.1, -0.05) is 11.6 Å². The Morgan fingerprint density at radius 2 is 1.85 bits per heavy atom. The number of nitrogens with one attached hydrogen (secondary N) is 2. The number of carbonyl (C=O) groups excluding carboxylic acids is 1. The van der Waals surface area contributed by atoms with Crippen LogP contribution in [0.15, 0.2) is 52.3 Å². The zero-order valence-electron chi connectivity index (χ0n) is 15.2. The second kappa shape index (κ2) is 9.45. The van der Waals surface area contributed by atoms with Gasteiger partial charge in [0.1, 0.15) is 5.75 Å². The van der Waals surface area contributed by atoms with Crippen LogP contribution in [0.3, 0.4) is 0 Å².